The second kappa shape index (κ2) is 7.30. The summed E-state index contributed by atoms with van der Waals surface area (Å²) in [4.78, 5) is 2.31. The van der Waals surface area contributed by atoms with Gasteiger partial charge in [-0.15, -0.1) is 0 Å². The fourth-order valence-electron chi connectivity index (χ4n) is 1.45. The van der Waals surface area contributed by atoms with Crippen molar-refractivity contribution >= 4 is 0 Å². The molecular weight excluding hydrogens is 164 g/mol. The lowest BCUT2D eigenvalue weighted by molar-refractivity contribution is 0.0940. The number of aliphatic hydroxyl groups is 1. The average Bonchev–Trinajstić information content (AvgIpc) is 2.13. The summed E-state index contributed by atoms with van der Waals surface area (Å²) in [6, 6.07) is 0.566. The molecule has 0 rings (SSSR count). The molecular formula is C10H24N2O. The van der Waals surface area contributed by atoms with Crippen LogP contribution in [0.25, 0.3) is 0 Å². The minimum atomic E-state index is -0.251. The molecule has 80 valence electrons. The highest BCUT2D eigenvalue weighted by Gasteiger charge is 2.13. The molecule has 0 amide bonds. The lowest BCUT2D eigenvalue weighted by Gasteiger charge is -2.28. The Morgan fingerprint density at radius 1 is 1.38 bits per heavy atom. The maximum absolute atomic E-state index is 9.59. The first kappa shape index (κ1) is 12.9. The lowest BCUT2D eigenvalue weighted by Crippen LogP contribution is -2.41. The first-order valence-corrected chi connectivity index (χ1v) is 5.22. The van der Waals surface area contributed by atoms with Crippen molar-refractivity contribution in [2.24, 2.45) is 0 Å². The maximum atomic E-state index is 9.59. The summed E-state index contributed by atoms with van der Waals surface area (Å²) in [6.07, 6.45) is 0.888. The summed E-state index contributed by atoms with van der Waals surface area (Å²) in [5.41, 5.74) is 0. The first-order valence-electron chi connectivity index (χ1n) is 5.22. The van der Waals surface area contributed by atoms with Gasteiger partial charge in [0.05, 0.1) is 6.10 Å². The van der Waals surface area contributed by atoms with Crippen molar-refractivity contribution < 1.29 is 5.11 Å². The summed E-state index contributed by atoms with van der Waals surface area (Å²) in [5.74, 6) is 0. The fourth-order valence-corrected chi connectivity index (χ4v) is 1.45. The molecule has 2 N–H and O–H groups in total. The Labute approximate surface area is 82.1 Å². The van der Waals surface area contributed by atoms with Gasteiger partial charge in [-0.05, 0) is 26.9 Å². The monoisotopic (exact) mass is 188 g/mol. The highest BCUT2D eigenvalue weighted by molar-refractivity contribution is 4.69. The smallest absolute Gasteiger partial charge is 0.0791 e. The molecule has 0 spiro atoms. The normalized spacial score (nSPS) is 16.2. The number of nitrogens with zero attached hydrogens (tertiary/aromatic N) is 1. The van der Waals surface area contributed by atoms with Crippen LogP contribution in [0.15, 0.2) is 0 Å². The van der Waals surface area contributed by atoms with E-state index in [2.05, 4.69) is 31.0 Å². The molecule has 3 nitrogen and oxygen atoms in total. The molecule has 0 aromatic rings. The highest BCUT2D eigenvalue weighted by Crippen LogP contribution is 2.03. The molecule has 0 bridgehead atoms. The van der Waals surface area contributed by atoms with E-state index < -0.39 is 0 Å². The van der Waals surface area contributed by atoms with Crippen LogP contribution in [0, 0.1) is 0 Å². The summed E-state index contributed by atoms with van der Waals surface area (Å²) in [5, 5.41) is 12.6. The molecule has 0 heterocycles. The topological polar surface area (TPSA) is 35.5 Å². The van der Waals surface area contributed by atoms with Gasteiger partial charge in [0, 0.05) is 19.1 Å². The van der Waals surface area contributed by atoms with Crippen molar-refractivity contribution in [3.8, 4) is 0 Å². The van der Waals surface area contributed by atoms with Gasteiger partial charge in [-0.1, -0.05) is 13.8 Å². The molecule has 0 aromatic carbocycles. The van der Waals surface area contributed by atoms with Gasteiger partial charge >= 0.3 is 0 Å². The van der Waals surface area contributed by atoms with Crippen LogP contribution in [0.5, 0.6) is 0 Å². The summed E-state index contributed by atoms with van der Waals surface area (Å²) >= 11 is 0. The minimum absolute atomic E-state index is 0.251. The SMILES string of the molecule is CCC(C)N(CC)CC(O)CNC. The maximum Gasteiger partial charge on any atom is 0.0791 e. The Morgan fingerprint density at radius 2 is 2.00 bits per heavy atom. The number of nitrogens with one attached hydrogen (secondary N) is 1. The van der Waals surface area contributed by atoms with Gasteiger partial charge in [-0.2, -0.15) is 0 Å². The van der Waals surface area contributed by atoms with Crippen molar-refractivity contribution in [3.05, 3.63) is 0 Å². The van der Waals surface area contributed by atoms with E-state index >= 15 is 0 Å². The molecule has 13 heavy (non-hydrogen) atoms. The van der Waals surface area contributed by atoms with Gasteiger partial charge in [0.15, 0.2) is 0 Å². The first-order chi connectivity index (χ1) is 6.15. The number of hydrogen-bond donors (Lipinski definition) is 2. The Morgan fingerprint density at radius 3 is 2.38 bits per heavy atom. The molecule has 0 aliphatic heterocycles. The van der Waals surface area contributed by atoms with E-state index in [1.165, 1.54) is 0 Å². The Bertz CT molecular complexity index is 119. The molecule has 0 radical (unpaired) electrons. The summed E-state index contributed by atoms with van der Waals surface area (Å²) in [6.45, 7) is 8.97. The van der Waals surface area contributed by atoms with E-state index in [9.17, 15) is 5.11 Å². The predicted octanol–water partition coefficient (Wildman–Crippen LogP) is 0.687. The number of aliphatic hydroxyl groups excluding tert-OH is 1. The Kier molecular flexibility index (Phi) is 7.23. The minimum Gasteiger partial charge on any atom is -0.390 e. The van der Waals surface area contributed by atoms with Gasteiger partial charge in [0.1, 0.15) is 0 Å². The third kappa shape index (κ3) is 5.24. The molecule has 3 heteroatoms. The van der Waals surface area contributed by atoms with Crippen molar-refractivity contribution in [2.75, 3.05) is 26.7 Å². The molecule has 0 saturated carbocycles. The predicted molar refractivity (Wildman–Crippen MR) is 56.9 cm³/mol. The fraction of sp³-hybridized carbons (Fsp3) is 1.00. The van der Waals surface area contributed by atoms with Crippen LogP contribution in [0.4, 0.5) is 0 Å². The van der Waals surface area contributed by atoms with Crippen LogP contribution in [0.2, 0.25) is 0 Å². The van der Waals surface area contributed by atoms with Crippen molar-refractivity contribution in [2.45, 2.75) is 39.3 Å². The average molecular weight is 188 g/mol. The Balaban J connectivity index is 3.82. The van der Waals surface area contributed by atoms with E-state index in [0.29, 0.717) is 12.6 Å². The zero-order valence-electron chi connectivity index (χ0n) is 9.38. The number of likely N-dealkylation sites (N-methyl/N-ethyl adjacent to an activating group) is 2. The van der Waals surface area contributed by atoms with E-state index in [1.807, 2.05) is 7.05 Å². The van der Waals surface area contributed by atoms with E-state index in [1.54, 1.807) is 0 Å². The third-order valence-corrected chi connectivity index (χ3v) is 2.51. The van der Waals surface area contributed by atoms with Crippen LogP contribution in [-0.4, -0.2) is 48.8 Å². The van der Waals surface area contributed by atoms with Crippen LogP contribution in [-0.2, 0) is 0 Å². The van der Waals surface area contributed by atoms with Crippen LogP contribution >= 0.6 is 0 Å². The van der Waals surface area contributed by atoms with Crippen LogP contribution in [0.1, 0.15) is 27.2 Å². The van der Waals surface area contributed by atoms with Gasteiger partial charge in [0.25, 0.3) is 0 Å². The van der Waals surface area contributed by atoms with Crippen molar-refractivity contribution in [3.63, 3.8) is 0 Å². The van der Waals surface area contributed by atoms with E-state index in [-0.39, 0.29) is 6.10 Å². The molecule has 2 atom stereocenters. The Hall–Kier alpha value is -0.120. The zero-order valence-corrected chi connectivity index (χ0v) is 9.38. The van der Waals surface area contributed by atoms with E-state index in [4.69, 9.17) is 0 Å². The van der Waals surface area contributed by atoms with Crippen molar-refractivity contribution in [1.29, 1.82) is 0 Å². The zero-order chi connectivity index (χ0) is 10.3. The van der Waals surface area contributed by atoms with Gasteiger partial charge < -0.3 is 10.4 Å². The largest absolute Gasteiger partial charge is 0.390 e. The summed E-state index contributed by atoms with van der Waals surface area (Å²) < 4.78 is 0. The van der Waals surface area contributed by atoms with Crippen LogP contribution in [0.3, 0.4) is 0 Å². The van der Waals surface area contributed by atoms with Crippen molar-refractivity contribution in [1.82, 2.24) is 10.2 Å². The van der Waals surface area contributed by atoms with Gasteiger partial charge in [-0.25, -0.2) is 0 Å². The molecule has 0 aromatic heterocycles. The molecule has 0 aliphatic rings. The quantitative estimate of drug-likeness (QED) is 0.617. The molecule has 0 fully saturated rings. The van der Waals surface area contributed by atoms with Gasteiger partial charge in [0.2, 0.25) is 0 Å². The second-order valence-corrected chi connectivity index (χ2v) is 3.56. The number of rotatable bonds is 7. The third-order valence-electron chi connectivity index (χ3n) is 2.51. The summed E-state index contributed by atoms with van der Waals surface area (Å²) in [7, 11) is 1.86. The molecule has 0 saturated heterocycles. The number of hydrogen-bond acceptors (Lipinski definition) is 3. The molecule has 2 unspecified atom stereocenters. The van der Waals surface area contributed by atoms with Gasteiger partial charge in [-0.3, -0.25) is 4.90 Å². The van der Waals surface area contributed by atoms with E-state index in [0.717, 1.165) is 19.5 Å². The lowest BCUT2D eigenvalue weighted by atomic mass is 10.2. The highest BCUT2D eigenvalue weighted by atomic mass is 16.3. The van der Waals surface area contributed by atoms with Crippen LogP contribution < -0.4 is 5.32 Å². The molecule has 0 aliphatic carbocycles. The second-order valence-electron chi connectivity index (χ2n) is 3.56. The standard InChI is InChI=1S/C10H24N2O/c1-5-9(3)12(6-2)8-10(13)7-11-4/h9-11,13H,5-8H2,1-4H3.